The van der Waals surface area contributed by atoms with Crippen LogP contribution in [0.5, 0.6) is 0 Å². The van der Waals surface area contributed by atoms with Crippen LogP contribution in [0.15, 0.2) is 23.1 Å². The number of aryl methyl sites for hydroxylation is 1. The highest BCUT2D eigenvalue weighted by molar-refractivity contribution is 7.89. The van der Waals surface area contributed by atoms with Crippen LogP contribution in [0, 0.1) is 6.92 Å². The van der Waals surface area contributed by atoms with E-state index in [1.807, 2.05) is 6.92 Å². The number of nitrogens with one attached hydrogen (secondary N) is 1. The van der Waals surface area contributed by atoms with Gasteiger partial charge in [0.25, 0.3) is 0 Å². The first-order valence-electron chi connectivity index (χ1n) is 5.99. The number of aliphatic hydroxyl groups is 1. The van der Waals surface area contributed by atoms with E-state index in [2.05, 4.69) is 4.72 Å². The lowest BCUT2D eigenvalue weighted by Gasteiger charge is -2.37. The number of benzene rings is 1. The number of hydrogen-bond acceptors (Lipinski definition) is 4. The van der Waals surface area contributed by atoms with Crippen molar-refractivity contribution >= 4 is 15.7 Å². The van der Waals surface area contributed by atoms with Crippen molar-refractivity contribution in [3.05, 3.63) is 23.8 Å². The summed E-state index contributed by atoms with van der Waals surface area (Å²) in [4.78, 5) is 0.0235. The van der Waals surface area contributed by atoms with Gasteiger partial charge >= 0.3 is 0 Å². The third-order valence-electron chi connectivity index (χ3n) is 3.37. The van der Waals surface area contributed by atoms with Gasteiger partial charge in [-0.05, 0) is 52.3 Å². The number of nitrogens with two attached hydrogens (primary N) is 1. The molecule has 0 spiro atoms. The molecule has 1 aromatic carbocycles. The molecule has 0 heterocycles. The van der Waals surface area contributed by atoms with Gasteiger partial charge in [0.1, 0.15) is 4.90 Å². The van der Waals surface area contributed by atoms with Gasteiger partial charge in [0.15, 0.2) is 0 Å². The van der Waals surface area contributed by atoms with Crippen molar-refractivity contribution in [1.29, 1.82) is 0 Å². The lowest BCUT2D eigenvalue weighted by Crippen LogP contribution is -2.57. The Morgan fingerprint density at radius 2 is 1.74 bits per heavy atom. The second kappa shape index (κ2) is 4.77. The molecular formula is C13H22N2O3S. The molecule has 0 aliphatic heterocycles. The molecule has 0 aromatic heterocycles. The molecule has 0 amide bonds. The fraction of sp³-hybridized carbons (Fsp3) is 0.538. The van der Waals surface area contributed by atoms with Crippen LogP contribution in [-0.2, 0) is 10.0 Å². The maximum atomic E-state index is 12.3. The molecule has 0 radical (unpaired) electrons. The molecule has 1 aromatic rings. The van der Waals surface area contributed by atoms with Crippen molar-refractivity contribution in [2.45, 2.75) is 50.7 Å². The Bertz CT molecular complexity index is 572. The smallest absolute Gasteiger partial charge is 0.243 e. The molecule has 0 bridgehead atoms. The van der Waals surface area contributed by atoms with E-state index in [9.17, 15) is 13.5 Å². The number of hydrogen-bond donors (Lipinski definition) is 3. The third kappa shape index (κ3) is 3.46. The highest BCUT2D eigenvalue weighted by atomic mass is 32.2. The summed E-state index contributed by atoms with van der Waals surface area (Å²) in [5.41, 5.74) is 4.60. The fourth-order valence-corrected chi connectivity index (χ4v) is 3.08. The highest BCUT2D eigenvalue weighted by Crippen LogP contribution is 2.26. The Morgan fingerprint density at radius 1 is 1.21 bits per heavy atom. The molecular weight excluding hydrogens is 264 g/mol. The Kier molecular flexibility index (Phi) is 4.01. The predicted molar refractivity (Wildman–Crippen MR) is 76.3 cm³/mol. The van der Waals surface area contributed by atoms with Gasteiger partial charge in [0.2, 0.25) is 10.0 Å². The Morgan fingerprint density at radius 3 is 2.16 bits per heavy atom. The number of nitrogen functional groups attached to an aromatic ring is 1. The lowest BCUT2D eigenvalue weighted by atomic mass is 9.87. The summed E-state index contributed by atoms with van der Waals surface area (Å²) in [6.45, 7) is 8.17. The summed E-state index contributed by atoms with van der Waals surface area (Å²) < 4.78 is 27.1. The van der Waals surface area contributed by atoms with Gasteiger partial charge in [-0.3, -0.25) is 0 Å². The van der Waals surface area contributed by atoms with E-state index in [4.69, 9.17) is 5.73 Å². The van der Waals surface area contributed by atoms with Crippen molar-refractivity contribution in [3.8, 4) is 0 Å². The molecule has 0 aliphatic rings. The molecule has 0 saturated heterocycles. The number of sulfonamides is 1. The van der Waals surface area contributed by atoms with Crippen molar-refractivity contribution in [1.82, 2.24) is 4.72 Å². The number of anilines is 1. The largest absolute Gasteiger partial charge is 0.398 e. The molecule has 1 rings (SSSR count). The van der Waals surface area contributed by atoms with E-state index >= 15 is 0 Å². The topological polar surface area (TPSA) is 92.4 Å². The van der Waals surface area contributed by atoms with Crippen molar-refractivity contribution in [2.24, 2.45) is 0 Å². The summed E-state index contributed by atoms with van der Waals surface area (Å²) in [5, 5.41) is 10.0. The first-order valence-corrected chi connectivity index (χ1v) is 7.48. The van der Waals surface area contributed by atoms with E-state index in [0.717, 1.165) is 5.56 Å². The summed E-state index contributed by atoms with van der Waals surface area (Å²) in [6.07, 6.45) is 0. The van der Waals surface area contributed by atoms with E-state index < -0.39 is 21.2 Å². The second-order valence-electron chi connectivity index (χ2n) is 5.83. The van der Waals surface area contributed by atoms with Crippen LogP contribution in [-0.4, -0.2) is 24.7 Å². The average Bonchev–Trinajstić information content (AvgIpc) is 2.12. The standard InChI is InChI=1S/C13H22N2O3S/c1-9-6-7-11(10(14)8-9)19(17,18)15-12(2,3)13(4,5)16/h6-8,15-16H,14H2,1-5H3. The van der Waals surface area contributed by atoms with Crippen molar-refractivity contribution < 1.29 is 13.5 Å². The Balaban J connectivity index is 3.20. The summed E-state index contributed by atoms with van der Waals surface area (Å²) in [7, 11) is -3.78. The Hall–Kier alpha value is -1.11. The number of rotatable bonds is 4. The summed E-state index contributed by atoms with van der Waals surface area (Å²) >= 11 is 0. The molecule has 108 valence electrons. The highest BCUT2D eigenvalue weighted by Gasteiger charge is 2.39. The zero-order chi connectivity index (χ0) is 15.1. The minimum atomic E-state index is -3.78. The van der Waals surface area contributed by atoms with Crippen molar-refractivity contribution in [3.63, 3.8) is 0 Å². The van der Waals surface area contributed by atoms with Crippen LogP contribution in [0.2, 0.25) is 0 Å². The first-order chi connectivity index (χ1) is 8.37. The predicted octanol–water partition coefficient (Wildman–Crippen LogP) is 1.41. The normalized spacial score (nSPS) is 13.6. The van der Waals surface area contributed by atoms with E-state index in [1.54, 1.807) is 39.8 Å². The van der Waals surface area contributed by atoms with Crippen LogP contribution in [0.1, 0.15) is 33.3 Å². The minimum Gasteiger partial charge on any atom is -0.398 e. The molecule has 4 N–H and O–H groups in total. The molecule has 0 fully saturated rings. The Labute approximate surface area is 114 Å². The van der Waals surface area contributed by atoms with Gasteiger partial charge in [0, 0.05) is 0 Å². The molecule has 0 atom stereocenters. The van der Waals surface area contributed by atoms with E-state index in [1.165, 1.54) is 6.07 Å². The summed E-state index contributed by atoms with van der Waals surface area (Å²) in [6, 6.07) is 4.75. The lowest BCUT2D eigenvalue weighted by molar-refractivity contribution is 0.00639. The van der Waals surface area contributed by atoms with Gasteiger partial charge in [-0.25, -0.2) is 13.1 Å². The van der Waals surface area contributed by atoms with Gasteiger partial charge < -0.3 is 10.8 Å². The second-order valence-corrected chi connectivity index (χ2v) is 7.48. The van der Waals surface area contributed by atoms with Crippen LogP contribution >= 0.6 is 0 Å². The maximum Gasteiger partial charge on any atom is 0.243 e. The van der Waals surface area contributed by atoms with Gasteiger partial charge in [-0.15, -0.1) is 0 Å². The third-order valence-corrected chi connectivity index (χ3v) is 5.10. The van der Waals surface area contributed by atoms with E-state index in [-0.39, 0.29) is 10.6 Å². The maximum absolute atomic E-state index is 12.3. The van der Waals surface area contributed by atoms with Gasteiger partial charge in [-0.1, -0.05) is 6.07 Å². The molecule has 6 heteroatoms. The van der Waals surface area contributed by atoms with Crippen LogP contribution < -0.4 is 10.5 Å². The SMILES string of the molecule is Cc1ccc(S(=O)(=O)NC(C)(C)C(C)(C)O)c(N)c1. The monoisotopic (exact) mass is 286 g/mol. The van der Waals surface area contributed by atoms with Crippen LogP contribution in [0.25, 0.3) is 0 Å². The molecule has 5 nitrogen and oxygen atoms in total. The minimum absolute atomic E-state index is 0.0235. The van der Waals surface area contributed by atoms with Gasteiger partial charge in [0.05, 0.1) is 16.8 Å². The molecule has 0 saturated carbocycles. The zero-order valence-electron chi connectivity index (χ0n) is 12.0. The fourth-order valence-electron chi connectivity index (χ4n) is 1.43. The van der Waals surface area contributed by atoms with E-state index in [0.29, 0.717) is 0 Å². The molecule has 19 heavy (non-hydrogen) atoms. The van der Waals surface area contributed by atoms with Crippen LogP contribution in [0.3, 0.4) is 0 Å². The summed E-state index contributed by atoms with van der Waals surface area (Å²) in [5.74, 6) is 0. The molecule has 0 unspecified atom stereocenters. The quantitative estimate of drug-likeness (QED) is 0.730. The zero-order valence-corrected chi connectivity index (χ0v) is 12.8. The average molecular weight is 286 g/mol. The first kappa shape index (κ1) is 15.9. The van der Waals surface area contributed by atoms with Gasteiger partial charge in [-0.2, -0.15) is 0 Å². The van der Waals surface area contributed by atoms with Crippen LogP contribution in [0.4, 0.5) is 5.69 Å². The van der Waals surface area contributed by atoms with Crippen molar-refractivity contribution in [2.75, 3.05) is 5.73 Å². The molecule has 0 aliphatic carbocycles.